The molecule has 1 N–H and O–H groups in total. The molecule has 0 aliphatic heterocycles. The van der Waals surface area contributed by atoms with Crippen molar-refractivity contribution < 1.29 is 23.6 Å². The molecule has 0 atom stereocenters. The number of ether oxygens (including phenoxy) is 2. The lowest BCUT2D eigenvalue weighted by Crippen LogP contribution is -2.17. The van der Waals surface area contributed by atoms with Crippen molar-refractivity contribution in [1.29, 1.82) is 0 Å². The Balaban J connectivity index is 1.78. The number of hydrogen-bond acceptors (Lipinski definition) is 6. The zero-order chi connectivity index (χ0) is 20.8. The number of carbonyl (C=O) groups excluding carboxylic acids is 2. The molecule has 0 saturated carbocycles. The highest BCUT2D eigenvalue weighted by molar-refractivity contribution is 6.39. The Morgan fingerprint density at radius 3 is 2.41 bits per heavy atom. The Bertz CT molecular complexity index is 1000. The average Bonchev–Trinajstić information content (AvgIpc) is 3.11. The second kappa shape index (κ2) is 9.45. The first-order chi connectivity index (χ1) is 14.0. The normalized spacial score (nSPS) is 10.4. The van der Waals surface area contributed by atoms with E-state index < -0.39 is 11.9 Å². The number of rotatable bonds is 7. The van der Waals surface area contributed by atoms with Gasteiger partial charge in [0.2, 0.25) is 11.8 Å². The highest BCUT2D eigenvalue weighted by Gasteiger charge is 2.28. The molecule has 1 heterocycles. The fourth-order valence-corrected chi connectivity index (χ4v) is 3.11. The molecule has 0 spiro atoms. The van der Waals surface area contributed by atoms with Gasteiger partial charge in [-0.3, -0.25) is 10.1 Å². The fourth-order valence-electron chi connectivity index (χ4n) is 2.53. The van der Waals surface area contributed by atoms with Crippen molar-refractivity contribution in [3.05, 3.63) is 64.1 Å². The molecule has 2 aromatic carbocycles. The van der Waals surface area contributed by atoms with Gasteiger partial charge in [-0.1, -0.05) is 52.6 Å². The number of halogens is 2. The quantitative estimate of drug-likeness (QED) is 0.534. The second-order valence-electron chi connectivity index (χ2n) is 5.78. The van der Waals surface area contributed by atoms with E-state index in [4.69, 9.17) is 37.2 Å². The predicted molar refractivity (Wildman–Crippen MR) is 108 cm³/mol. The van der Waals surface area contributed by atoms with E-state index in [1.54, 1.807) is 30.3 Å². The maximum absolute atomic E-state index is 12.3. The summed E-state index contributed by atoms with van der Waals surface area (Å²) in [5.74, 6) is -0.703. The molecule has 29 heavy (non-hydrogen) atoms. The van der Waals surface area contributed by atoms with E-state index >= 15 is 0 Å². The molecule has 0 bridgehead atoms. The molecule has 7 nitrogen and oxygen atoms in total. The SMILES string of the molecule is COC(=O)c1c(-c2c(Cl)cccc2Cl)noc1NC(=O)CCOc1ccccc1. The topological polar surface area (TPSA) is 90.7 Å². The van der Waals surface area contributed by atoms with Crippen LogP contribution < -0.4 is 10.1 Å². The molecule has 0 saturated heterocycles. The summed E-state index contributed by atoms with van der Waals surface area (Å²) in [6, 6.07) is 13.9. The van der Waals surface area contributed by atoms with Crippen LogP contribution in [0, 0.1) is 0 Å². The van der Waals surface area contributed by atoms with Crippen LogP contribution in [0.5, 0.6) is 5.75 Å². The molecule has 0 aliphatic carbocycles. The molecule has 0 unspecified atom stereocenters. The molecule has 1 aromatic heterocycles. The van der Waals surface area contributed by atoms with E-state index in [9.17, 15) is 9.59 Å². The van der Waals surface area contributed by atoms with Crippen LogP contribution in [0.1, 0.15) is 16.8 Å². The van der Waals surface area contributed by atoms with Crippen molar-refractivity contribution in [2.24, 2.45) is 0 Å². The van der Waals surface area contributed by atoms with Crippen molar-refractivity contribution in [2.45, 2.75) is 6.42 Å². The first kappa shape index (κ1) is 20.7. The Kier molecular flexibility index (Phi) is 6.74. The monoisotopic (exact) mass is 434 g/mol. The van der Waals surface area contributed by atoms with Crippen molar-refractivity contribution >= 4 is 41.0 Å². The Hall–Kier alpha value is -3.03. The zero-order valence-electron chi connectivity index (χ0n) is 15.3. The number of para-hydroxylation sites is 1. The molecular formula is C20H16Cl2N2O5. The van der Waals surface area contributed by atoms with Gasteiger partial charge < -0.3 is 14.0 Å². The van der Waals surface area contributed by atoms with Gasteiger partial charge in [0.25, 0.3) is 0 Å². The van der Waals surface area contributed by atoms with Gasteiger partial charge in [-0.25, -0.2) is 4.79 Å². The van der Waals surface area contributed by atoms with Crippen LogP contribution in [0.3, 0.4) is 0 Å². The molecule has 150 valence electrons. The second-order valence-corrected chi connectivity index (χ2v) is 6.60. The number of nitrogens with zero attached hydrogens (tertiary/aromatic N) is 1. The van der Waals surface area contributed by atoms with E-state index in [1.165, 1.54) is 7.11 Å². The number of benzene rings is 2. The highest BCUT2D eigenvalue weighted by atomic mass is 35.5. The first-order valence-electron chi connectivity index (χ1n) is 8.51. The lowest BCUT2D eigenvalue weighted by atomic mass is 10.1. The summed E-state index contributed by atoms with van der Waals surface area (Å²) >= 11 is 12.4. The van der Waals surface area contributed by atoms with Gasteiger partial charge in [0.15, 0.2) is 5.56 Å². The minimum Gasteiger partial charge on any atom is -0.493 e. The number of methoxy groups -OCH3 is 1. The Labute approximate surface area is 176 Å². The number of nitrogens with one attached hydrogen (secondary N) is 1. The van der Waals surface area contributed by atoms with Gasteiger partial charge in [-0.05, 0) is 24.3 Å². The fraction of sp³-hybridized carbons (Fsp3) is 0.150. The number of aromatic nitrogens is 1. The van der Waals surface area contributed by atoms with E-state index in [1.807, 2.05) is 18.2 Å². The summed E-state index contributed by atoms with van der Waals surface area (Å²) < 4.78 is 15.5. The molecule has 9 heteroatoms. The minimum atomic E-state index is -0.756. The molecule has 1 amide bonds. The summed E-state index contributed by atoms with van der Waals surface area (Å²) in [6.45, 7) is 0.140. The van der Waals surface area contributed by atoms with Crippen molar-refractivity contribution in [3.63, 3.8) is 0 Å². The van der Waals surface area contributed by atoms with Gasteiger partial charge in [0.05, 0.1) is 30.2 Å². The van der Waals surface area contributed by atoms with Gasteiger partial charge in [-0.15, -0.1) is 0 Å². The van der Waals surface area contributed by atoms with Gasteiger partial charge in [0, 0.05) is 5.56 Å². The average molecular weight is 435 g/mol. The van der Waals surface area contributed by atoms with Crippen LogP contribution in [0.2, 0.25) is 10.0 Å². The van der Waals surface area contributed by atoms with Crippen molar-refractivity contribution in [3.8, 4) is 17.0 Å². The van der Waals surface area contributed by atoms with Crippen LogP contribution in [0.15, 0.2) is 53.1 Å². The van der Waals surface area contributed by atoms with E-state index in [2.05, 4.69) is 10.5 Å². The third kappa shape index (κ3) is 4.88. The largest absolute Gasteiger partial charge is 0.493 e. The summed E-state index contributed by atoms with van der Waals surface area (Å²) in [5.41, 5.74) is 0.288. The van der Waals surface area contributed by atoms with Crippen molar-refractivity contribution in [1.82, 2.24) is 5.16 Å². The standard InChI is InChI=1S/C20H16Cl2N2O5/c1-27-20(26)17-18(16-13(21)8-5-9-14(16)22)24-29-19(17)23-15(25)10-11-28-12-6-3-2-4-7-12/h2-9H,10-11H2,1H3,(H,23,25). The molecular weight excluding hydrogens is 419 g/mol. The number of hydrogen-bond donors (Lipinski definition) is 1. The van der Waals surface area contributed by atoms with Crippen molar-refractivity contribution in [2.75, 3.05) is 19.0 Å². The van der Waals surface area contributed by atoms with Gasteiger partial charge in [-0.2, -0.15) is 0 Å². The number of amides is 1. The maximum atomic E-state index is 12.3. The molecule has 0 radical (unpaired) electrons. The Morgan fingerprint density at radius 1 is 1.07 bits per heavy atom. The lowest BCUT2D eigenvalue weighted by molar-refractivity contribution is -0.116. The van der Waals surface area contributed by atoms with E-state index in [-0.39, 0.29) is 40.2 Å². The minimum absolute atomic E-state index is 0.0262. The van der Waals surface area contributed by atoms with Crippen LogP contribution in [-0.2, 0) is 9.53 Å². The number of carbonyl (C=O) groups is 2. The lowest BCUT2D eigenvalue weighted by Gasteiger charge is -2.07. The predicted octanol–water partition coefficient (Wildman–Crippen LogP) is 4.84. The first-order valence-corrected chi connectivity index (χ1v) is 9.27. The highest BCUT2D eigenvalue weighted by Crippen LogP contribution is 2.38. The summed E-state index contributed by atoms with van der Waals surface area (Å²) in [7, 11) is 1.20. The third-order valence-electron chi connectivity index (χ3n) is 3.88. The smallest absolute Gasteiger partial charge is 0.345 e. The van der Waals surface area contributed by atoms with Crippen LogP contribution in [-0.4, -0.2) is 30.7 Å². The van der Waals surface area contributed by atoms with Crippen LogP contribution >= 0.6 is 23.2 Å². The maximum Gasteiger partial charge on any atom is 0.345 e. The zero-order valence-corrected chi connectivity index (χ0v) is 16.8. The third-order valence-corrected chi connectivity index (χ3v) is 4.51. The number of esters is 1. The summed E-state index contributed by atoms with van der Waals surface area (Å²) in [5, 5.41) is 6.91. The molecule has 3 rings (SSSR count). The van der Waals surface area contributed by atoms with Gasteiger partial charge >= 0.3 is 5.97 Å². The van der Waals surface area contributed by atoms with Crippen LogP contribution in [0.4, 0.5) is 5.88 Å². The molecule has 0 fully saturated rings. The molecule has 3 aromatic rings. The Morgan fingerprint density at radius 2 is 1.76 bits per heavy atom. The van der Waals surface area contributed by atoms with Gasteiger partial charge in [0.1, 0.15) is 11.4 Å². The van der Waals surface area contributed by atoms with E-state index in [0.717, 1.165) is 0 Å². The summed E-state index contributed by atoms with van der Waals surface area (Å²) in [4.78, 5) is 24.6. The van der Waals surface area contributed by atoms with E-state index in [0.29, 0.717) is 11.3 Å². The summed E-state index contributed by atoms with van der Waals surface area (Å²) in [6.07, 6.45) is 0.0262. The number of anilines is 1. The molecule has 0 aliphatic rings. The van der Waals surface area contributed by atoms with Crippen LogP contribution in [0.25, 0.3) is 11.3 Å².